The highest BCUT2D eigenvalue weighted by atomic mass is 16.5. The van der Waals surface area contributed by atoms with Crippen molar-refractivity contribution in [1.29, 1.82) is 0 Å². The molecule has 0 fully saturated rings. The van der Waals surface area contributed by atoms with E-state index in [1.807, 2.05) is 47.0 Å². The van der Waals surface area contributed by atoms with E-state index in [2.05, 4.69) is 20.4 Å². The molecule has 3 aromatic heterocycles. The summed E-state index contributed by atoms with van der Waals surface area (Å²) in [5.41, 5.74) is 2.46. The number of rotatable bonds is 3. The smallest absolute Gasteiger partial charge is 0.414 e. The predicted octanol–water partition coefficient (Wildman–Crippen LogP) is 2.64. The fourth-order valence-electron chi connectivity index (χ4n) is 2.53. The number of anilines is 1. The van der Waals surface area contributed by atoms with Gasteiger partial charge in [0, 0.05) is 0 Å². The van der Waals surface area contributed by atoms with Crippen LogP contribution in [0, 0.1) is 0 Å². The molecule has 24 heavy (non-hydrogen) atoms. The summed E-state index contributed by atoms with van der Waals surface area (Å²) in [5.74, 6) is 0.955. The van der Waals surface area contributed by atoms with Crippen LogP contribution in [0.15, 0.2) is 48.8 Å². The van der Waals surface area contributed by atoms with Crippen molar-refractivity contribution < 1.29 is 9.53 Å². The van der Waals surface area contributed by atoms with Crippen molar-refractivity contribution in [3.63, 3.8) is 0 Å². The fourth-order valence-corrected chi connectivity index (χ4v) is 2.53. The molecule has 3 heterocycles. The van der Waals surface area contributed by atoms with Crippen LogP contribution in [0.2, 0.25) is 0 Å². The Morgan fingerprint density at radius 3 is 2.96 bits per heavy atom. The Balaban J connectivity index is 1.81. The highest BCUT2D eigenvalue weighted by molar-refractivity contribution is 5.82. The van der Waals surface area contributed by atoms with Crippen LogP contribution in [0.5, 0.6) is 0 Å². The molecule has 0 atom stereocenters. The number of ether oxygens (including phenoxy) is 1. The van der Waals surface area contributed by atoms with E-state index in [1.54, 1.807) is 17.8 Å². The van der Waals surface area contributed by atoms with Crippen molar-refractivity contribution in [1.82, 2.24) is 24.1 Å². The lowest BCUT2D eigenvalue weighted by molar-refractivity contribution is 0.167. The van der Waals surface area contributed by atoms with Gasteiger partial charge >= 0.3 is 6.09 Å². The zero-order valence-corrected chi connectivity index (χ0v) is 12.9. The molecular formula is C16H14N6O2. The van der Waals surface area contributed by atoms with Crippen molar-refractivity contribution in [2.24, 2.45) is 0 Å². The SMILES string of the molecule is CCOC(=O)Nc1nc2cccc(-n3cnc4ccccc43)n2n1. The van der Waals surface area contributed by atoms with E-state index in [1.165, 1.54) is 0 Å². The maximum absolute atomic E-state index is 11.5. The molecule has 1 N–H and O–H groups in total. The van der Waals surface area contributed by atoms with E-state index in [0.717, 1.165) is 16.9 Å². The molecular weight excluding hydrogens is 308 g/mol. The van der Waals surface area contributed by atoms with Gasteiger partial charge in [0.2, 0.25) is 0 Å². The third kappa shape index (κ3) is 2.34. The average Bonchev–Trinajstić information content (AvgIpc) is 3.18. The minimum absolute atomic E-state index is 0.185. The minimum Gasteiger partial charge on any atom is -0.450 e. The number of hydrogen-bond acceptors (Lipinski definition) is 5. The monoisotopic (exact) mass is 322 g/mol. The number of fused-ring (bicyclic) bond motifs is 2. The molecule has 0 spiro atoms. The lowest BCUT2D eigenvalue weighted by Crippen LogP contribution is -2.14. The van der Waals surface area contributed by atoms with E-state index in [-0.39, 0.29) is 12.6 Å². The third-order valence-corrected chi connectivity index (χ3v) is 3.53. The molecule has 0 saturated carbocycles. The van der Waals surface area contributed by atoms with Crippen LogP contribution in [0.3, 0.4) is 0 Å². The summed E-state index contributed by atoms with van der Waals surface area (Å²) in [7, 11) is 0. The molecule has 8 nitrogen and oxygen atoms in total. The molecule has 0 unspecified atom stereocenters. The Kier molecular flexibility index (Phi) is 3.34. The van der Waals surface area contributed by atoms with Crippen LogP contribution in [0.1, 0.15) is 6.92 Å². The Labute approximate surface area is 136 Å². The number of nitrogens with one attached hydrogen (secondary N) is 1. The summed E-state index contributed by atoms with van der Waals surface area (Å²) in [5, 5.41) is 6.86. The molecule has 1 amide bonds. The molecule has 120 valence electrons. The number of aromatic nitrogens is 5. The number of pyridine rings is 1. The Morgan fingerprint density at radius 2 is 2.08 bits per heavy atom. The summed E-state index contributed by atoms with van der Waals surface area (Å²) >= 11 is 0. The summed E-state index contributed by atoms with van der Waals surface area (Å²) in [6, 6.07) is 13.4. The number of imidazole rings is 1. The number of hydrogen-bond donors (Lipinski definition) is 1. The van der Waals surface area contributed by atoms with Gasteiger partial charge in [0.25, 0.3) is 5.95 Å². The molecule has 0 aliphatic rings. The highest BCUT2D eigenvalue weighted by Gasteiger charge is 2.12. The summed E-state index contributed by atoms with van der Waals surface area (Å²) in [6.07, 6.45) is 1.16. The van der Waals surface area contributed by atoms with E-state index >= 15 is 0 Å². The van der Waals surface area contributed by atoms with Crippen molar-refractivity contribution in [3.05, 3.63) is 48.8 Å². The first-order valence-corrected chi connectivity index (χ1v) is 7.48. The number of benzene rings is 1. The third-order valence-electron chi connectivity index (χ3n) is 3.53. The summed E-state index contributed by atoms with van der Waals surface area (Å²) in [4.78, 5) is 20.2. The van der Waals surface area contributed by atoms with E-state index < -0.39 is 6.09 Å². The van der Waals surface area contributed by atoms with Gasteiger partial charge in [-0.1, -0.05) is 18.2 Å². The zero-order valence-electron chi connectivity index (χ0n) is 12.9. The van der Waals surface area contributed by atoms with Gasteiger partial charge in [-0.2, -0.15) is 9.50 Å². The first-order chi connectivity index (χ1) is 11.8. The van der Waals surface area contributed by atoms with Gasteiger partial charge in [0.15, 0.2) is 5.65 Å². The van der Waals surface area contributed by atoms with Crippen LogP contribution < -0.4 is 5.32 Å². The van der Waals surface area contributed by atoms with Crippen LogP contribution in [0.4, 0.5) is 10.7 Å². The molecule has 0 radical (unpaired) electrons. The van der Waals surface area contributed by atoms with Crippen LogP contribution >= 0.6 is 0 Å². The van der Waals surface area contributed by atoms with Gasteiger partial charge in [-0.25, -0.2) is 9.78 Å². The summed E-state index contributed by atoms with van der Waals surface area (Å²) < 4.78 is 8.42. The first kappa shape index (κ1) is 14.2. The van der Waals surface area contributed by atoms with Crippen LogP contribution in [0.25, 0.3) is 22.5 Å². The molecule has 4 aromatic rings. The molecule has 0 aliphatic carbocycles. The standard InChI is InChI=1S/C16H14N6O2/c1-2-24-16(23)19-15-18-13-8-5-9-14(22(13)20-15)21-10-17-11-6-3-4-7-12(11)21/h3-10H,2H2,1H3,(H,19,20,23). The number of para-hydroxylation sites is 2. The predicted molar refractivity (Wildman–Crippen MR) is 88.3 cm³/mol. The first-order valence-electron chi connectivity index (χ1n) is 7.48. The second-order valence-corrected chi connectivity index (χ2v) is 5.04. The molecule has 0 bridgehead atoms. The fraction of sp³-hybridized carbons (Fsp3) is 0.125. The van der Waals surface area contributed by atoms with Gasteiger partial charge < -0.3 is 4.74 Å². The van der Waals surface area contributed by atoms with Gasteiger partial charge in [-0.3, -0.25) is 9.88 Å². The molecule has 8 heteroatoms. The van der Waals surface area contributed by atoms with Crippen molar-refractivity contribution >= 4 is 28.7 Å². The zero-order chi connectivity index (χ0) is 16.5. The van der Waals surface area contributed by atoms with Gasteiger partial charge in [0.05, 0.1) is 17.6 Å². The number of amides is 1. The second-order valence-electron chi connectivity index (χ2n) is 5.04. The lowest BCUT2D eigenvalue weighted by atomic mass is 10.3. The van der Waals surface area contributed by atoms with Gasteiger partial charge in [0.1, 0.15) is 12.1 Å². The quantitative estimate of drug-likeness (QED) is 0.626. The van der Waals surface area contributed by atoms with E-state index in [0.29, 0.717) is 5.65 Å². The largest absolute Gasteiger partial charge is 0.450 e. The van der Waals surface area contributed by atoms with Crippen LogP contribution in [-0.4, -0.2) is 36.8 Å². The van der Waals surface area contributed by atoms with E-state index in [9.17, 15) is 4.79 Å². The van der Waals surface area contributed by atoms with Crippen molar-refractivity contribution in [2.45, 2.75) is 6.92 Å². The molecule has 4 rings (SSSR count). The normalized spacial score (nSPS) is 11.0. The Hall–Kier alpha value is -3.42. The molecule has 0 saturated heterocycles. The van der Waals surface area contributed by atoms with Gasteiger partial charge in [-0.15, -0.1) is 5.10 Å². The highest BCUT2D eigenvalue weighted by Crippen LogP contribution is 2.19. The number of carbonyl (C=O) groups is 1. The average molecular weight is 322 g/mol. The maximum Gasteiger partial charge on any atom is 0.414 e. The maximum atomic E-state index is 11.5. The van der Waals surface area contributed by atoms with E-state index in [4.69, 9.17) is 4.74 Å². The Bertz CT molecular complexity index is 1040. The summed E-state index contributed by atoms with van der Waals surface area (Å²) in [6.45, 7) is 2.02. The topological polar surface area (TPSA) is 86.3 Å². The van der Waals surface area contributed by atoms with Gasteiger partial charge in [-0.05, 0) is 31.2 Å². The van der Waals surface area contributed by atoms with Crippen LogP contribution in [-0.2, 0) is 4.74 Å². The lowest BCUT2D eigenvalue weighted by Gasteiger charge is -2.05. The number of nitrogens with zero attached hydrogens (tertiary/aromatic N) is 5. The number of carbonyl (C=O) groups excluding carboxylic acids is 1. The molecule has 1 aromatic carbocycles. The van der Waals surface area contributed by atoms with Crippen molar-refractivity contribution in [3.8, 4) is 5.82 Å². The Morgan fingerprint density at radius 1 is 1.21 bits per heavy atom. The molecule has 0 aliphatic heterocycles. The van der Waals surface area contributed by atoms with Crippen molar-refractivity contribution in [2.75, 3.05) is 11.9 Å². The minimum atomic E-state index is -0.581. The second kappa shape index (κ2) is 5.65.